The van der Waals surface area contributed by atoms with Crippen molar-refractivity contribution in [3.8, 4) is 17.0 Å². The van der Waals surface area contributed by atoms with E-state index in [9.17, 15) is 13.2 Å². The number of carbonyl (C=O) groups is 1. The van der Waals surface area contributed by atoms with Crippen molar-refractivity contribution in [3.63, 3.8) is 0 Å². The van der Waals surface area contributed by atoms with E-state index in [-0.39, 0.29) is 12.6 Å². The van der Waals surface area contributed by atoms with E-state index in [2.05, 4.69) is 45.2 Å². The van der Waals surface area contributed by atoms with Gasteiger partial charge in [0.05, 0.1) is 24.0 Å². The summed E-state index contributed by atoms with van der Waals surface area (Å²) in [6.45, 7) is 5.10. The highest BCUT2D eigenvalue weighted by molar-refractivity contribution is 5.75. The van der Waals surface area contributed by atoms with E-state index in [1.807, 2.05) is 35.9 Å². The molecule has 2 aliphatic heterocycles. The first-order chi connectivity index (χ1) is 18.7. The van der Waals surface area contributed by atoms with Crippen LogP contribution in [0.25, 0.3) is 16.8 Å². The van der Waals surface area contributed by atoms with Gasteiger partial charge in [-0.25, -0.2) is 9.48 Å². The molecule has 0 bridgehead atoms. The molecule has 1 unspecified atom stereocenters. The van der Waals surface area contributed by atoms with Gasteiger partial charge in [-0.1, -0.05) is 23.4 Å². The van der Waals surface area contributed by atoms with Crippen molar-refractivity contribution in [2.24, 2.45) is 0 Å². The molecule has 39 heavy (non-hydrogen) atoms. The number of fused-ring (bicyclic) bond motifs is 3. The monoisotopic (exact) mass is 545 g/mol. The summed E-state index contributed by atoms with van der Waals surface area (Å²) >= 11 is 0. The first-order valence-electron chi connectivity index (χ1n) is 12.5. The van der Waals surface area contributed by atoms with Gasteiger partial charge in [0.1, 0.15) is 12.4 Å². The number of carboxylic acids is 1. The maximum Gasteiger partial charge on any atom is 0.490 e. The lowest BCUT2D eigenvalue weighted by molar-refractivity contribution is -0.192. The summed E-state index contributed by atoms with van der Waals surface area (Å²) in [4.78, 5) is 8.90. The number of nitrogens with zero attached hydrogens (tertiary/aromatic N) is 3. The van der Waals surface area contributed by atoms with Gasteiger partial charge in [-0.3, -0.25) is 0 Å². The zero-order chi connectivity index (χ0) is 28.0. The maximum atomic E-state index is 10.6. The zero-order valence-corrected chi connectivity index (χ0v) is 21.3. The van der Waals surface area contributed by atoms with E-state index in [0.717, 1.165) is 55.3 Å². The summed E-state index contributed by atoms with van der Waals surface area (Å²) in [6, 6.07) is 14.9. The fourth-order valence-electron chi connectivity index (χ4n) is 4.61. The summed E-state index contributed by atoms with van der Waals surface area (Å²) in [7, 11) is 0. The number of nitrogens with one attached hydrogen (secondary N) is 2. The Labute approximate surface area is 223 Å². The fraction of sp³-hybridized carbons (Fsp3) is 0.370. The van der Waals surface area contributed by atoms with Gasteiger partial charge in [-0.2, -0.15) is 13.2 Å². The van der Waals surface area contributed by atoms with Crippen molar-refractivity contribution in [1.29, 1.82) is 0 Å². The van der Waals surface area contributed by atoms with E-state index >= 15 is 0 Å². The van der Waals surface area contributed by atoms with Gasteiger partial charge in [-0.15, -0.1) is 5.10 Å². The molecular formula is C27H30F3N5O4. The summed E-state index contributed by atoms with van der Waals surface area (Å²) in [5.41, 5.74) is 8.30. The van der Waals surface area contributed by atoms with Crippen LogP contribution in [0.3, 0.4) is 0 Å². The highest BCUT2D eigenvalue weighted by Crippen LogP contribution is 2.38. The Morgan fingerprint density at radius 3 is 2.62 bits per heavy atom. The van der Waals surface area contributed by atoms with Gasteiger partial charge in [0.2, 0.25) is 0 Å². The van der Waals surface area contributed by atoms with Crippen LogP contribution < -0.4 is 15.4 Å². The minimum Gasteiger partial charge on any atom is -0.491 e. The van der Waals surface area contributed by atoms with Gasteiger partial charge in [0, 0.05) is 24.3 Å². The molecule has 4 N–H and O–H groups in total. The number of rotatable bonds is 6. The van der Waals surface area contributed by atoms with Crippen LogP contribution in [0.1, 0.15) is 35.7 Å². The second-order valence-electron chi connectivity index (χ2n) is 9.12. The molecule has 208 valence electrons. The molecule has 0 spiro atoms. The van der Waals surface area contributed by atoms with Crippen molar-refractivity contribution in [3.05, 3.63) is 65.4 Å². The molecule has 1 atom stereocenters. The molecule has 3 heterocycles. The molecule has 0 saturated carbocycles. The van der Waals surface area contributed by atoms with E-state index < -0.39 is 12.1 Å². The molecule has 1 aromatic heterocycles. The molecule has 0 amide bonds. The Kier molecular flexibility index (Phi) is 8.87. The predicted octanol–water partition coefficient (Wildman–Crippen LogP) is 4.19. The van der Waals surface area contributed by atoms with Crippen LogP contribution in [-0.4, -0.2) is 63.7 Å². The van der Waals surface area contributed by atoms with E-state index in [1.165, 1.54) is 22.3 Å². The standard InChI is InChI=1S/C25H29N5O2.C2HF3O2/c1-17-25-22-7-2-19(18-8-11-26-12-9-18)16-23(22)24(10-13-30(25)29-28-17)27-20-3-5-21(6-4-20)32-15-14-31;3-2(4,5)1(6)7/h2-8,16,24,26-27,31H,9-15H2,1H3;(H,6,7). The lowest BCUT2D eigenvalue weighted by Gasteiger charge is -2.23. The van der Waals surface area contributed by atoms with Crippen molar-refractivity contribution in [2.45, 2.75) is 38.5 Å². The van der Waals surface area contributed by atoms with Crippen molar-refractivity contribution >= 4 is 17.2 Å². The zero-order valence-electron chi connectivity index (χ0n) is 21.3. The molecule has 3 aromatic rings. The second kappa shape index (κ2) is 12.3. The predicted molar refractivity (Wildman–Crippen MR) is 139 cm³/mol. The van der Waals surface area contributed by atoms with Crippen LogP contribution in [0.15, 0.2) is 48.5 Å². The number of carboxylic acid groups (broad SMARTS) is 1. The van der Waals surface area contributed by atoms with Crippen molar-refractivity contribution in [1.82, 2.24) is 20.3 Å². The van der Waals surface area contributed by atoms with Crippen molar-refractivity contribution in [2.75, 3.05) is 31.6 Å². The normalized spacial score (nSPS) is 16.5. The molecule has 2 aromatic carbocycles. The minimum atomic E-state index is -5.08. The maximum absolute atomic E-state index is 10.6. The molecule has 2 aliphatic rings. The Morgan fingerprint density at radius 1 is 1.23 bits per heavy atom. The summed E-state index contributed by atoms with van der Waals surface area (Å²) in [5.74, 6) is -2.00. The lowest BCUT2D eigenvalue weighted by atomic mass is 9.90. The number of hydrogen-bond acceptors (Lipinski definition) is 7. The number of hydrogen-bond donors (Lipinski definition) is 4. The molecular weight excluding hydrogens is 515 g/mol. The number of aryl methyl sites for hydroxylation is 2. The van der Waals surface area contributed by atoms with Crippen LogP contribution in [0.2, 0.25) is 0 Å². The molecule has 12 heteroatoms. The van der Waals surface area contributed by atoms with Crippen LogP contribution in [-0.2, 0) is 11.3 Å². The summed E-state index contributed by atoms with van der Waals surface area (Å²) in [5, 5.41) is 31.9. The number of benzene rings is 2. The van der Waals surface area contributed by atoms with Crippen LogP contribution in [0.4, 0.5) is 18.9 Å². The van der Waals surface area contributed by atoms with E-state index in [0.29, 0.717) is 6.61 Å². The van der Waals surface area contributed by atoms with Crippen molar-refractivity contribution < 1.29 is 32.9 Å². The SMILES string of the molecule is Cc1nnn2c1-c1ccc(C3=CCNCC3)cc1C(Nc1ccc(OCCO)cc1)CC2.O=C(O)C(F)(F)F. The van der Waals surface area contributed by atoms with Gasteiger partial charge in [0.15, 0.2) is 0 Å². The molecule has 0 saturated heterocycles. The highest BCUT2D eigenvalue weighted by Gasteiger charge is 2.38. The molecule has 0 fully saturated rings. The Morgan fingerprint density at radius 2 is 1.97 bits per heavy atom. The van der Waals surface area contributed by atoms with Crippen LogP contribution in [0, 0.1) is 6.92 Å². The number of halogens is 3. The Hall–Kier alpha value is -3.90. The molecule has 0 aliphatic carbocycles. The smallest absolute Gasteiger partial charge is 0.490 e. The third-order valence-corrected chi connectivity index (χ3v) is 6.45. The molecule has 5 rings (SSSR count). The number of aliphatic carboxylic acids is 1. The van der Waals surface area contributed by atoms with E-state index in [4.69, 9.17) is 19.7 Å². The minimum absolute atomic E-state index is 0.0107. The summed E-state index contributed by atoms with van der Waals surface area (Å²) in [6.07, 6.45) is -0.827. The second-order valence-corrected chi connectivity index (χ2v) is 9.12. The largest absolute Gasteiger partial charge is 0.491 e. The van der Waals surface area contributed by atoms with Gasteiger partial charge in [0.25, 0.3) is 0 Å². The number of aromatic nitrogens is 3. The first kappa shape index (κ1) is 28.1. The van der Waals surface area contributed by atoms with E-state index in [1.54, 1.807) is 0 Å². The van der Waals surface area contributed by atoms with Gasteiger partial charge < -0.3 is 25.6 Å². The van der Waals surface area contributed by atoms with Crippen LogP contribution in [0.5, 0.6) is 5.75 Å². The lowest BCUT2D eigenvalue weighted by Crippen LogP contribution is -2.21. The molecule has 0 radical (unpaired) electrons. The van der Waals surface area contributed by atoms with Gasteiger partial charge >= 0.3 is 12.1 Å². The highest BCUT2D eigenvalue weighted by atomic mass is 19.4. The number of ether oxygens (including phenoxy) is 1. The van der Waals surface area contributed by atoms with Gasteiger partial charge in [-0.05, 0) is 73.3 Å². The average molecular weight is 546 g/mol. The third kappa shape index (κ3) is 6.95. The number of aliphatic hydroxyl groups is 1. The number of aliphatic hydroxyl groups excluding tert-OH is 1. The summed E-state index contributed by atoms with van der Waals surface area (Å²) < 4.78 is 39.3. The number of alkyl halides is 3. The Bertz CT molecular complexity index is 1320. The quantitative estimate of drug-likeness (QED) is 0.364. The van der Waals surface area contributed by atoms with Crippen LogP contribution >= 0.6 is 0 Å². The topological polar surface area (TPSA) is 122 Å². The first-order valence-corrected chi connectivity index (χ1v) is 12.5. The Balaban J connectivity index is 0.000000448. The third-order valence-electron chi connectivity index (χ3n) is 6.45. The fourth-order valence-corrected chi connectivity index (χ4v) is 4.61. The molecule has 9 nitrogen and oxygen atoms in total. The number of anilines is 1. The average Bonchev–Trinajstić information content (AvgIpc) is 3.22.